The van der Waals surface area contributed by atoms with Gasteiger partial charge in [0, 0.05) is 13.1 Å². The van der Waals surface area contributed by atoms with E-state index in [-0.39, 0.29) is 6.04 Å². The average molecular weight is 270 g/mol. The van der Waals surface area contributed by atoms with Gasteiger partial charge in [-0.25, -0.2) is 4.79 Å². The number of hydrogen-bond acceptors (Lipinski definition) is 4. The predicted octanol–water partition coefficient (Wildman–Crippen LogP) is 1.91. The third kappa shape index (κ3) is 4.49. The van der Waals surface area contributed by atoms with Crippen molar-refractivity contribution in [1.29, 1.82) is 0 Å². The minimum absolute atomic E-state index is 0.0868. The van der Waals surface area contributed by atoms with Gasteiger partial charge >= 0.3 is 6.09 Å². The van der Waals surface area contributed by atoms with Crippen molar-refractivity contribution in [1.82, 2.24) is 9.80 Å². The molecule has 5 heteroatoms. The molecule has 0 aromatic rings. The van der Waals surface area contributed by atoms with E-state index in [1.807, 2.05) is 27.8 Å². The van der Waals surface area contributed by atoms with E-state index in [0.717, 1.165) is 32.1 Å². The minimum Gasteiger partial charge on any atom is -0.444 e. The van der Waals surface area contributed by atoms with Crippen LogP contribution >= 0.6 is 0 Å². The molecule has 2 unspecified atom stereocenters. The molecule has 1 rings (SSSR count). The molecule has 0 aromatic carbocycles. The topological polar surface area (TPSA) is 49.9 Å². The number of ether oxygens (including phenoxy) is 1. The van der Waals surface area contributed by atoms with Crippen LogP contribution in [0.2, 0.25) is 0 Å². The van der Waals surface area contributed by atoms with Gasteiger partial charge in [-0.15, -0.1) is 0 Å². The molecule has 5 nitrogen and oxygen atoms in total. The Morgan fingerprint density at radius 2 is 2.05 bits per heavy atom. The molecule has 0 radical (unpaired) electrons. The van der Waals surface area contributed by atoms with E-state index in [9.17, 15) is 9.59 Å². The van der Waals surface area contributed by atoms with Gasteiger partial charge in [0.05, 0.1) is 0 Å². The zero-order chi connectivity index (χ0) is 14.6. The summed E-state index contributed by atoms with van der Waals surface area (Å²) in [6.07, 6.45) is 3.60. The third-order valence-electron chi connectivity index (χ3n) is 3.49. The molecule has 2 atom stereocenters. The lowest BCUT2D eigenvalue weighted by Crippen LogP contribution is -2.54. The van der Waals surface area contributed by atoms with E-state index in [4.69, 9.17) is 4.74 Å². The van der Waals surface area contributed by atoms with Gasteiger partial charge in [-0.3, -0.25) is 4.90 Å². The largest absolute Gasteiger partial charge is 0.444 e. The van der Waals surface area contributed by atoms with Crippen LogP contribution < -0.4 is 0 Å². The highest BCUT2D eigenvalue weighted by Gasteiger charge is 2.34. The summed E-state index contributed by atoms with van der Waals surface area (Å²) in [5, 5.41) is 0. The second-order valence-corrected chi connectivity index (χ2v) is 6.26. The molecular weight excluding hydrogens is 244 g/mol. The third-order valence-corrected chi connectivity index (χ3v) is 3.49. The van der Waals surface area contributed by atoms with Gasteiger partial charge < -0.3 is 14.4 Å². The van der Waals surface area contributed by atoms with Crippen molar-refractivity contribution >= 4 is 12.4 Å². The molecular formula is C14H26N2O3. The van der Waals surface area contributed by atoms with Crippen molar-refractivity contribution in [3.05, 3.63) is 0 Å². The Hall–Kier alpha value is -1.10. The lowest BCUT2D eigenvalue weighted by Gasteiger charge is -2.39. The van der Waals surface area contributed by atoms with E-state index in [1.54, 1.807) is 7.05 Å². The maximum atomic E-state index is 12.0. The number of carbonyl (C=O) groups excluding carboxylic acids is 2. The summed E-state index contributed by atoms with van der Waals surface area (Å²) >= 11 is 0. The van der Waals surface area contributed by atoms with Crippen LogP contribution in [0.25, 0.3) is 0 Å². The van der Waals surface area contributed by atoms with Crippen molar-refractivity contribution in [3.63, 3.8) is 0 Å². The van der Waals surface area contributed by atoms with Crippen LogP contribution in [0.15, 0.2) is 0 Å². The Kier molecular flexibility index (Phi) is 5.35. The molecule has 1 fully saturated rings. The van der Waals surface area contributed by atoms with E-state index < -0.39 is 17.7 Å². The molecule has 0 saturated carbocycles. The number of aldehydes is 1. The molecule has 1 amide bonds. The first-order valence-corrected chi connectivity index (χ1v) is 6.87. The lowest BCUT2D eigenvalue weighted by atomic mass is 9.96. The Labute approximate surface area is 115 Å². The number of likely N-dealkylation sites (N-methyl/N-ethyl adjacent to an activating group) is 2. The molecule has 0 bridgehead atoms. The summed E-state index contributed by atoms with van der Waals surface area (Å²) in [4.78, 5) is 27.0. The standard InChI is InChI=1S/C14H26N2O3/c1-14(2,3)19-13(18)16(5)12(10-17)11-8-6-7-9-15(11)4/h10-12H,6-9H2,1-5H3. The fourth-order valence-electron chi connectivity index (χ4n) is 2.43. The molecule has 1 saturated heterocycles. The summed E-state index contributed by atoms with van der Waals surface area (Å²) in [6, 6.07) is -0.357. The van der Waals surface area contributed by atoms with Crippen LogP contribution in [0.5, 0.6) is 0 Å². The average Bonchev–Trinajstić information content (AvgIpc) is 2.30. The minimum atomic E-state index is -0.544. The number of carbonyl (C=O) groups is 2. The predicted molar refractivity (Wildman–Crippen MR) is 74.1 cm³/mol. The van der Waals surface area contributed by atoms with E-state index in [1.165, 1.54) is 4.90 Å². The van der Waals surface area contributed by atoms with Crippen molar-refractivity contribution < 1.29 is 14.3 Å². The monoisotopic (exact) mass is 270 g/mol. The van der Waals surface area contributed by atoms with Gasteiger partial charge in [0.1, 0.15) is 17.9 Å². The highest BCUT2D eigenvalue weighted by molar-refractivity contribution is 5.74. The molecule has 1 heterocycles. The Morgan fingerprint density at radius 3 is 2.53 bits per heavy atom. The summed E-state index contributed by atoms with van der Waals surface area (Å²) < 4.78 is 5.32. The van der Waals surface area contributed by atoms with Gasteiger partial charge in [0.25, 0.3) is 0 Å². The van der Waals surface area contributed by atoms with Crippen molar-refractivity contribution in [2.75, 3.05) is 20.6 Å². The Balaban J connectivity index is 2.72. The van der Waals surface area contributed by atoms with Crippen LogP contribution in [-0.2, 0) is 9.53 Å². The summed E-state index contributed by atoms with van der Waals surface area (Å²) in [7, 11) is 3.64. The number of likely N-dealkylation sites (tertiary alicyclic amines) is 1. The second-order valence-electron chi connectivity index (χ2n) is 6.26. The van der Waals surface area contributed by atoms with Crippen molar-refractivity contribution in [2.24, 2.45) is 0 Å². The zero-order valence-electron chi connectivity index (χ0n) is 12.7. The van der Waals surface area contributed by atoms with Crippen LogP contribution in [0, 0.1) is 0 Å². The summed E-state index contributed by atoms with van der Waals surface area (Å²) in [6.45, 7) is 6.43. The van der Waals surface area contributed by atoms with Gasteiger partial charge in [-0.1, -0.05) is 6.42 Å². The molecule has 0 N–H and O–H groups in total. The number of amides is 1. The highest BCUT2D eigenvalue weighted by atomic mass is 16.6. The van der Waals surface area contributed by atoms with Gasteiger partial charge in [-0.05, 0) is 47.2 Å². The summed E-state index contributed by atoms with van der Waals surface area (Å²) in [5.74, 6) is 0. The zero-order valence-corrected chi connectivity index (χ0v) is 12.7. The summed E-state index contributed by atoms with van der Waals surface area (Å²) in [5.41, 5.74) is -0.544. The second kappa shape index (κ2) is 6.37. The first-order chi connectivity index (χ1) is 8.76. The maximum absolute atomic E-state index is 12.0. The molecule has 0 aromatic heterocycles. The molecule has 19 heavy (non-hydrogen) atoms. The normalized spacial score (nSPS) is 22.7. The molecule has 110 valence electrons. The Bertz CT molecular complexity index is 325. The number of hydrogen-bond donors (Lipinski definition) is 0. The Morgan fingerprint density at radius 1 is 1.42 bits per heavy atom. The van der Waals surface area contributed by atoms with Gasteiger partial charge in [0.15, 0.2) is 0 Å². The van der Waals surface area contributed by atoms with Crippen LogP contribution in [-0.4, -0.2) is 60.5 Å². The molecule has 0 spiro atoms. The fourth-order valence-corrected chi connectivity index (χ4v) is 2.43. The lowest BCUT2D eigenvalue weighted by molar-refractivity contribution is -0.114. The van der Waals surface area contributed by atoms with E-state index in [2.05, 4.69) is 4.90 Å². The number of rotatable bonds is 3. The van der Waals surface area contributed by atoms with Crippen LogP contribution in [0.3, 0.4) is 0 Å². The van der Waals surface area contributed by atoms with Crippen molar-refractivity contribution in [2.45, 2.75) is 57.7 Å². The van der Waals surface area contributed by atoms with Crippen molar-refractivity contribution in [3.8, 4) is 0 Å². The fraction of sp³-hybridized carbons (Fsp3) is 0.857. The highest BCUT2D eigenvalue weighted by Crippen LogP contribution is 2.21. The maximum Gasteiger partial charge on any atom is 0.410 e. The molecule has 1 aliphatic heterocycles. The SMILES string of the molecule is CN1CCCCC1C(C=O)N(C)C(=O)OC(C)(C)C. The van der Waals surface area contributed by atoms with E-state index in [0.29, 0.717) is 0 Å². The van der Waals surface area contributed by atoms with Gasteiger partial charge in [0.2, 0.25) is 0 Å². The first-order valence-electron chi connectivity index (χ1n) is 6.87. The van der Waals surface area contributed by atoms with Gasteiger partial charge in [-0.2, -0.15) is 0 Å². The number of nitrogens with zero attached hydrogens (tertiary/aromatic N) is 2. The smallest absolute Gasteiger partial charge is 0.410 e. The first kappa shape index (κ1) is 16.0. The quantitative estimate of drug-likeness (QED) is 0.735. The molecule has 0 aliphatic carbocycles. The van der Waals surface area contributed by atoms with E-state index >= 15 is 0 Å². The van der Waals surface area contributed by atoms with Crippen LogP contribution in [0.4, 0.5) is 4.79 Å². The number of piperidine rings is 1. The van der Waals surface area contributed by atoms with Crippen LogP contribution in [0.1, 0.15) is 40.0 Å². The molecule has 1 aliphatic rings.